The molecule has 0 aromatic rings. The number of aliphatic carboxylic acids is 1. The average Bonchev–Trinajstić information content (AvgIpc) is 2.45. The smallest absolute Gasteiger partial charge is 0.303 e. The van der Waals surface area contributed by atoms with Gasteiger partial charge in [0.2, 0.25) is 0 Å². The van der Waals surface area contributed by atoms with Gasteiger partial charge in [0.15, 0.2) is 0 Å². The summed E-state index contributed by atoms with van der Waals surface area (Å²) in [5.74, 6) is -0.711. The van der Waals surface area contributed by atoms with Crippen LogP contribution in [0.25, 0.3) is 0 Å². The van der Waals surface area contributed by atoms with E-state index in [0.29, 0.717) is 0 Å². The van der Waals surface area contributed by atoms with Gasteiger partial charge in [0.05, 0.1) is 6.10 Å². The van der Waals surface area contributed by atoms with Crippen molar-refractivity contribution in [2.45, 2.75) is 90.1 Å². The molecule has 0 radical (unpaired) electrons. The van der Waals surface area contributed by atoms with Crippen molar-refractivity contribution in [1.82, 2.24) is 0 Å². The quantitative estimate of drug-likeness (QED) is 0.356. The van der Waals surface area contributed by atoms with E-state index < -0.39 is 12.1 Å². The highest BCUT2D eigenvalue weighted by Gasteiger charge is 1.99. The summed E-state index contributed by atoms with van der Waals surface area (Å²) in [6, 6.07) is 0. The molecule has 0 aliphatic heterocycles. The lowest BCUT2D eigenvalue weighted by Crippen LogP contribution is -2.00. The summed E-state index contributed by atoms with van der Waals surface area (Å²) >= 11 is 0. The Labute approximate surface area is 129 Å². The zero-order valence-corrected chi connectivity index (χ0v) is 13.5. The molecule has 122 valence electrons. The summed E-state index contributed by atoms with van der Waals surface area (Å²) in [6.07, 6.45) is 15.4. The summed E-state index contributed by atoms with van der Waals surface area (Å²) in [5.41, 5.74) is 3.07. The molecule has 0 saturated heterocycles. The van der Waals surface area contributed by atoms with Gasteiger partial charge in [0.1, 0.15) is 0 Å². The molecule has 0 fully saturated rings. The molecule has 2 N–H and O–H groups in total. The molecule has 3 heteroatoms. The van der Waals surface area contributed by atoms with E-state index in [-0.39, 0.29) is 6.42 Å². The van der Waals surface area contributed by atoms with Crippen molar-refractivity contribution in [3.05, 3.63) is 17.9 Å². The van der Waals surface area contributed by atoms with Gasteiger partial charge in [0, 0.05) is 6.42 Å². The van der Waals surface area contributed by atoms with Gasteiger partial charge in [-0.3, -0.25) is 4.79 Å². The number of aliphatic hydroxyl groups is 1. The van der Waals surface area contributed by atoms with Crippen LogP contribution in [0.5, 0.6) is 0 Å². The number of aliphatic hydroxyl groups excluding tert-OH is 1. The number of rotatable bonds is 14. The summed E-state index contributed by atoms with van der Waals surface area (Å²) < 4.78 is 0. The van der Waals surface area contributed by atoms with Gasteiger partial charge in [-0.25, -0.2) is 0 Å². The van der Waals surface area contributed by atoms with Gasteiger partial charge < -0.3 is 10.2 Å². The minimum Gasteiger partial charge on any atom is -0.481 e. The number of carboxylic acid groups (broad SMARTS) is 1. The van der Waals surface area contributed by atoms with Crippen LogP contribution in [0.4, 0.5) is 0 Å². The molecular weight excluding hydrogens is 264 g/mol. The first-order valence-corrected chi connectivity index (χ1v) is 8.47. The minimum absolute atomic E-state index is 0.272. The second kappa shape index (κ2) is 15.3. The Hall–Kier alpha value is -1.05. The average molecular weight is 296 g/mol. The summed E-state index contributed by atoms with van der Waals surface area (Å²) in [7, 11) is 0. The van der Waals surface area contributed by atoms with E-state index in [1.807, 2.05) is 6.08 Å². The van der Waals surface area contributed by atoms with Gasteiger partial charge in [-0.2, -0.15) is 0 Å². The van der Waals surface area contributed by atoms with Crippen LogP contribution in [0.15, 0.2) is 17.9 Å². The molecule has 0 aliphatic rings. The predicted molar refractivity (Wildman–Crippen MR) is 87.4 cm³/mol. The van der Waals surface area contributed by atoms with Crippen LogP contribution < -0.4 is 0 Å². The van der Waals surface area contributed by atoms with Crippen LogP contribution in [0.2, 0.25) is 0 Å². The van der Waals surface area contributed by atoms with Crippen molar-refractivity contribution < 1.29 is 15.0 Å². The Balaban J connectivity index is 3.42. The first-order chi connectivity index (χ1) is 10.2. The normalized spacial score (nSPS) is 11.7. The zero-order valence-electron chi connectivity index (χ0n) is 13.5. The maximum absolute atomic E-state index is 10.3. The third-order valence-electron chi connectivity index (χ3n) is 3.50. The second-order valence-corrected chi connectivity index (χ2v) is 5.65. The number of hydrogen-bond acceptors (Lipinski definition) is 2. The second-order valence-electron chi connectivity index (χ2n) is 5.65. The van der Waals surface area contributed by atoms with E-state index in [1.165, 1.54) is 25.7 Å². The third-order valence-corrected chi connectivity index (χ3v) is 3.50. The van der Waals surface area contributed by atoms with Crippen molar-refractivity contribution in [1.29, 1.82) is 0 Å². The van der Waals surface area contributed by atoms with E-state index in [1.54, 1.807) is 6.08 Å². The maximum Gasteiger partial charge on any atom is 0.303 e. The largest absolute Gasteiger partial charge is 0.481 e. The first kappa shape index (κ1) is 19.9. The molecule has 0 rings (SSSR count). The van der Waals surface area contributed by atoms with E-state index in [4.69, 9.17) is 5.11 Å². The Morgan fingerprint density at radius 2 is 1.71 bits per heavy atom. The van der Waals surface area contributed by atoms with Crippen molar-refractivity contribution in [2.75, 3.05) is 0 Å². The molecular formula is C18H32O3. The van der Waals surface area contributed by atoms with Gasteiger partial charge >= 0.3 is 5.97 Å². The number of carbonyl (C=O) groups is 1. The maximum atomic E-state index is 10.3. The van der Waals surface area contributed by atoms with Crippen LogP contribution in [-0.4, -0.2) is 22.3 Å². The van der Waals surface area contributed by atoms with Crippen LogP contribution in [0, 0.1) is 0 Å². The van der Waals surface area contributed by atoms with E-state index in [2.05, 4.69) is 12.7 Å². The lowest BCUT2D eigenvalue weighted by Gasteiger charge is -2.04. The third kappa shape index (κ3) is 16.9. The number of hydrogen-bond donors (Lipinski definition) is 2. The number of unbranched alkanes of at least 4 members (excludes halogenated alkanes) is 8. The molecule has 1 atom stereocenters. The lowest BCUT2D eigenvalue weighted by atomic mass is 10.1. The molecule has 1 unspecified atom stereocenters. The molecule has 0 heterocycles. The summed E-state index contributed by atoms with van der Waals surface area (Å²) in [5, 5.41) is 18.3. The van der Waals surface area contributed by atoms with Crippen molar-refractivity contribution in [2.24, 2.45) is 0 Å². The van der Waals surface area contributed by atoms with E-state index >= 15 is 0 Å². The monoisotopic (exact) mass is 296 g/mol. The Bertz CT molecular complexity index is 304. The SMILES string of the molecule is CCCCCCC=C=CC(O)CCCCCCCC(=O)O. The Morgan fingerprint density at radius 3 is 2.43 bits per heavy atom. The molecule has 0 bridgehead atoms. The van der Waals surface area contributed by atoms with Gasteiger partial charge in [-0.05, 0) is 37.8 Å². The van der Waals surface area contributed by atoms with Gasteiger partial charge in [-0.1, -0.05) is 51.9 Å². The fraction of sp³-hybridized carbons (Fsp3) is 0.778. The molecule has 0 spiro atoms. The fourth-order valence-corrected chi connectivity index (χ4v) is 2.18. The van der Waals surface area contributed by atoms with Crippen LogP contribution in [0.1, 0.15) is 84.0 Å². The molecule has 0 aromatic heterocycles. The van der Waals surface area contributed by atoms with Gasteiger partial charge in [-0.15, -0.1) is 5.73 Å². The highest BCUT2D eigenvalue weighted by atomic mass is 16.4. The molecule has 0 amide bonds. The van der Waals surface area contributed by atoms with Crippen molar-refractivity contribution in [3.8, 4) is 0 Å². The highest BCUT2D eigenvalue weighted by molar-refractivity contribution is 5.66. The van der Waals surface area contributed by atoms with Crippen LogP contribution in [-0.2, 0) is 4.79 Å². The Morgan fingerprint density at radius 1 is 1.05 bits per heavy atom. The molecule has 0 aliphatic carbocycles. The highest BCUT2D eigenvalue weighted by Crippen LogP contribution is 2.09. The minimum atomic E-state index is -0.711. The van der Waals surface area contributed by atoms with Gasteiger partial charge in [0.25, 0.3) is 0 Å². The topological polar surface area (TPSA) is 57.5 Å². The van der Waals surface area contributed by atoms with Crippen LogP contribution in [0.3, 0.4) is 0 Å². The zero-order chi connectivity index (χ0) is 15.8. The number of carboxylic acids is 1. The fourth-order valence-electron chi connectivity index (χ4n) is 2.18. The van der Waals surface area contributed by atoms with Crippen LogP contribution >= 0.6 is 0 Å². The molecule has 0 aromatic carbocycles. The summed E-state index contributed by atoms with van der Waals surface area (Å²) in [6.45, 7) is 2.21. The molecule has 21 heavy (non-hydrogen) atoms. The first-order valence-electron chi connectivity index (χ1n) is 8.47. The lowest BCUT2D eigenvalue weighted by molar-refractivity contribution is -0.137. The molecule has 3 nitrogen and oxygen atoms in total. The van der Waals surface area contributed by atoms with E-state index in [9.17, 15) is 9.90 Å². The predicted octanol–water partition coefficient (Wildman–Crippen LogP) is 4.84. The van der Waals surface area contributed by atoms with Crippen molar-refractivity contribution >= 4 is 5.97 Å². The summed E-state index contributed by atoms with van der Waals surface area (Å²) in [4.78, 5) is 10.3. The standard InChI is InChI=1S/C18H32O3/c1-2-3-4-5-6-8-11-14-17(19)15-12-9-7-10-13-16-18(20)21/h8,14,17,19H,2-7,9-10,12-13,15-16H2,1H3,(H,20,21). The molecule has 0 saturated carbocycles. The Kier molecular flexibility index (Phi) is 14.6. The van der Waals surface area contributed by atoms with E-state index in [0.717, 1.165) is 44.9 Å². The van der Waals surface area contributed by atoms with Crippen molar-refractivity contribution in [3.63, 3.8) is 0 Å².